The number of alkyl halides is 1. The normalized spacial score (nSPS) is 10.4. The quantitative estimate of drug-likeness (QED) is 0.259. The third-order valence-electron chi connectivity index (χ3n) is 2.25. The van der Waals surface area contributed by atoms with Crippen LogP contribution < -0.4 is 5.32 Å². The Bertz CT molecular complexity index is 404. The number of amides is 1. The van der Waals surface area contributed by atoms with Crippen molar-refractivity contribution in [1.82, 2.24) is 0 Å². The van der Waals surface area contributed by atoms with E-state index < -0.39 is 0 Å². The molecular formula is C11H14INO4S. The first kappa shape index (κ1) is 15.7. The predicted molar refractivity (Wildman–Crippen MR) is 78.7 cm³/mol. The van der Waals surface area contributed by atoms with Gasteiger partial charge in [-0.05, 0) is 37.1 Å². The molecule has 0 unspecified atom stereocenters. The van der Waals surface area contributed by atoms with Crippen LogP contribution in [-0.4, -0.2) is 15.6 Å². The van der Waals surface area contributed by atoms with E-state index in [1.165, 1.54) is 0 Å². The van der Waals surface area contributed by atoms with Gasteiger partial charge in [0.05, 0.1) is 12.0 Å². The fourth-order valence-electron chi connectivity index (χ4n) is 1.51. The smallest absolute Gasteiger partial charge is 0.225 e. The average molecular weight is 383 g/mol. The molecule has 0 heterocycles. The summed E-state index contributed by atoms with van der Waals surface area (Å²) >= 11 is 3.07. The van der Waals surface area contributed by atoms with E-state index in [-0.39, 0.29) is 5.91 Å². The second kappa shape index (κ2) is 7.95. The molecule has 18 heavy (non-hydrogen) atoms. The van der Waals surface area contributed by atoms with Crippen molar-refractivity contribution in [3.05, 3.63) is 23.3 Å². The maximum absolute atomic E-state index is 11.6. The predicted octanol–water partition coefficient (Wildman–Crippen LogP) is 3.50. The lowest BCUT2D eigenvalue weighted by Crippen LogP contribution is -2.13. The lowest BCUT2D eigenvalue weighted by Gasteiger charge is -2.12. The molecule has 0 radical (unpaired) electrons. The summed E-state index contributed by atoms with van der Waals surface area (Å²) in [6.45, 7) is 3.80. The summed E-state index contributed by atoms with van der Waals surface area (Å²) in [6.07, 6.45) is 0.497. The van der Waals surface area contributed by atoms with Crippen LogP contribution in [0.4, 0.5) is 5.69 Å². The summed E-state index contributed by atoms with van der Waals surface area (Å²) in [4.78, 5) is 12.4. The van der Waals surface area contributed by atoms with Gasteiger partial charge in [-0.1, -0.05) is 27.6 Å². The van der Waals surface area contributed by atoms with Gasteiger partial charge in [-0.15, -0.1) is 4.33 Å². The van der Waals surface area contributed by atoms with E-state index in [0.717, 1.165) is 38.2 Å². The highest BCUT2D eigenvalue weighted by molar-refractivity contribution is 14.1. The van der Waals surface area contributed by atoms with E-state index in [9.17, 15) is 4.79 Å². The van der Waals surface area contributed by atoms with Gasteiger partial charge in [0, 0.05) is 21.4 Å². The maximum Gasteiger partial charge on any atom is 0.225 e. The number of rotatable bonds is 6. The molecule has 0 bridgehead atoms. The zero-order chi connectivity index (χ0) is 13.5. The summed E-state index contributed by atoms with van der Waals surface area (Å²) in [5, 5.41) is 14.5. The maximum atomic E-state index is 11.6. The highest BCUT2D eigenvalue weighted by Gasteiger charge is 2.09. The van der Waals surface area contributed by atoms with Crippen LogP contribution in [0.5, 0.6) is 0 Å². The average Bonchev–Trinajstić information content (AvgIpc) is 2.31. The Morgan fingerprint density at radius 3 is 2.56 bits per heavy atom. The SMILES string of the molecule is Cc1cc(SOOO)cc(C)c1NC(=O)CCI. The Morgan fingerprint density at radius 2 is 2.06 bits per heavy atom. The van der Waals surface area contributed by atoms with Crippen molar-refractivity contribution in [1.29, 1.82) is 0 Å². The van der Waals surface area contributed by atoms with Crippen LogP contribution in [0.2, 0.25) is 0 Å². The fourth-order valence-corrected chi connectivity index (χ4v) is 2.56. The number of anilines is 1. The van der Waals surface area contributed by atoms with E-state index in [0.29, 0.717) is 6.42 Å². The third kappa shape index (κ3) is 4.73. The van der Waals surface area contributed by atoms with Crippen molar-refractivity contribution in [3.63, 3.8) is 0 Å². The van der Waals surface area contributed by atoms with Gasteiger partial charge < -0.3 is 5.32 Å². The summed E-state index contributed by atoms with van der Waals surface area (Å²) in [5.41, 5.74) is 2.68. The highest BCUT2D eigenvalue weighted by atomic mass is 127. The first-order chi connectivity index (χ1) is 8.58. The van der Waals surface area contributed by atoms with Crippen molar-refractivity contribution in [2.24, 2.45) is 0 Å². The Hall–Kier alpha value is -0.350. The van der Waals surface area contributed by atoms with Crippen molar-refractivity contribution < 1.29 is 19.4 Å². The molecule has 1 aromatic rings. The minimum Gasteiger partial charge on any atom is -0.326 e. The summed E-state index contributed by atoms with van der Waals surface area (Å²) in [6, 6.07) is 3.69. The Balaban J connectivity index is 2.83. The van der Waals surface area contributed by atoms with Gasteiger partial charge in [0.15, 0.2) is 0 Å². The molecule has 1 rings (SSSR count). The van der Waals surface area contributed by atoms with Crippen LogP contribution in [0, 0.1) is 13.8 Å². The molecule has 1 aromatic carbocycles. The van der Waals surface area contributed by atoms with Crippen molar-refractivity contribution >= 4 is 46.2 Å². The highest BCUT2D eigenvalue weighted by Crippen LogP contribution is 2.28. The largest absolute Gasteiger partial charge is 0.326 e. The molecule has 5 nitrogen and oxygen atoms in total. The minimum atomic E-state index is 0.00550. The van der Waals surface area contributed by atoms with E-state index in [1.807, 2.05) is 26.0 Å². The van der Waals surface area contributed by atoms with Gasteiger partial charge in [0.1, 0.15) is 0 Å². The first-order valence-corrected chi connectivity index (χ1v) is 7.47. The molecule has 0 aliphatic carbocycles. The van der Waals surface area contributed by atoms with E-state index in [2.05, 4.69) is 37.3 Å². The van der Waals surface area contributed by atoms with Gasteiger partial charge in [0.2, 0.25) is 5.91 Å². The molecule has 0 saturated heterocycles. The molecule has 0 fully saturated rings. The van der Waals surface area contributed by atoms with Gasteiger partial charge in [-0.2, -0.15) is 0 Å². The lowest BCUT2D eigenvalue weighted by atomic mass is 10.1. The third-order valence-corrected chi connectivity index (χ3v) is 3.35. The number of carbonyl (C=O) groups excluding carboxylic acids is 1. The van der Waals surface area contributed by atoms with E-state index in [4.69, 9.17) is 5.26 Å². The van der Waals surface area contributed by atoms with Crippen LogP contribution in [0.3, 0.4) is 0 Å². The monoisotopic (exact) mass is 383 g/mol. The number of benzene rings is 1. The molecule has 7 heteroatoms. The molecule has 2 N–H and O–H groups in total. The molecule has 0 saturated carbocycles. The van der Waals surface area contributed by atoms with Crippen molar-refractivity contribution in [3.8, 4) is 0 Å². The zero-order valence-electron chi connectivity index (χ0n) is 10.0. The van der Waals surface area contributed by atoms with Crippen LogP contribution >= 0.6 is 34.6 Å². The lowest BCUT2D eigenvalue weighted by molar-refractivity contribution is -0.432. The van der Waals surface area contributed by atoms with Gasteiger partial charge in [0.25, 0.3) is 0 Å². The first-order valence-electron chi connectivity index (χ1n) is 5.20. The molecule has 100 valence electrons. The molecule has 0 aromatic heterocycles. The van der Waals surface area contributed by atoms with Crippen LogP contribution in [0.1, 0.15) is 17.5 Å². The minimum absolute atomic E-state index is 0.00550. The second-order valence-electron chi connectivity index (χ2n) is 3.65. The molecule has 0 spiro atoms. The summed E-state index contributed by atoms with van der Waals surface area (Å²) in [5.74, 6) is 0.00550. The number of aryl methyl sites for hydroxylation is 2. The summed E-state index contributed by atoms with van der Waals surface area (Å²) in [7, 11) is 0. The Labute approximate surface area is 123 Å². The molecular weight excluding hydrogens is 369 g/mol. The Morgan fingerprint density at radius 1 is 1.44 bits per heavy atom. The number of hydrogen-bond donors (Lipinski definition) is 2. The van der Waals surface area contributed by atoms with Crippen LogP contribution in [-0.2, 0) is 14.2 Å². The molecule has 0 aliphatic rings. The molecule has 0 aliphatic heterocycles. The van der Waals surface area contributed by atoms with Gasteiger partial charge in [-0.3, -0.25) is 4.79 Å². The Kier molecular flexibility index (Phi) is 6.94. The van der Waals surface area contributed by atoms with Crippen LogP contribution in [0.15, 0.2) is 17.0 Å². The van der Waals surface area contributed by atoms with Crippen LogP contribution in [0.25, 0.3) is 0 Å². The van der Waals surface area contributed by atoms with E-state index in [1.54, 1.807) is 0 Å². The zero-order valence-corrected chi connectivity index (χ0v) is 13.0. The van der Waals surface area contributed by atoms with Gasteiger partial charge in [-0.25, -0.2) is 5.26 Å². The number of halogens is 1. The number of carbonyl (C=O) groups is 1. The van der Waals surface area contributed by atoms with Crippen molar-refractivity contribution in [2.45, 2.75) is 25.2 Å². The van der Waals surface area contributed by atoms with Crippen molar-refractivity contribution in [2.75, 3.05) is 9.74 Å². The second-order valence-corrected chi connectivity index (χ2v) is 5.50. The fraction of sp³-hybridized carbons (Fsp3) is 0.364. The standard InChI is InChI=1S/C11H14INO4S/c1-7-5-9(18-17-16-15)6-8(2)11(7)13-10(14)3-4-12/h5-6,15H,3-4H2,1-2H3,(H,13,14). The van der Waals surface area contributed by atoms with Gasteiger partial charge >= 0.3 is 0 Å². The number of hydrogen-bond acceptors (Lipinski definition) is 5. The summed E-state index contributed by atoms with van der Waals surface area (Å²) < 4.78 is 5.16. The molecule has 0 atom stereocenters. The topological polar surface area (TPSA) is 67.8 Å². The number of nitrogens with one attached hydrogen (secondary N) is 1. The molecule has 1 amide bonds. The van der Waals surface area contributed by atoms with E-state index >= 15 is 0 Å².